The largest absolute Gasteiger partial charge is 0.309 e. The summed E-state index contributed by atoms with van der Waals surface area (Å²) in [5.74, 6) is 0.717. The maximum atomic E-state index is 5.41. The summed E-state index contributed by atoms with van der Waals surface area (Å²) in [7, 11) is 0. The summed E-state index contributed by atoms with van der Waals surface area (Å²) in [5.41, 5.74) is 13.0. The van der Waals surface area contributed by atoms with Gasteiger partial charge < -0.3 is 4.57 Å². The topological polar surface area (TPSA) is 43.6 Å². The minimum absolute atomic E-state index is 0.264. The summed E-state index contributed by atoms with van der Waals surface area (Å²) in [6.45, 7) is 4.59. The van der Waals surface area contributed by atoms with Crippen LogP contribution in [-0.4, -0.2) is 19.5 Å². The van der Waals surface area contributed by atoms with Crippen molar-refractivity contribution in [3.05, 3.63) is 157 Å². The fourth-order valence-corrected chi connectivity index (χ4v) is 7.32. The highest BCUT2D eigenvalue weighted by molar-refractivity contribution is 6.09. The minimum Gasteiger partial charge on any atom is -0.309 e. The first-order chi connectivity index (χ1) is 22.6. The molecule has 3 heterocycles. The number of hydrogen-bond donors (Lipinski definition) is 0. The van der Waals surface area contributed by atoms with Crippen LogP contribution in [0.5, 0.6) is 0 Å². The number of rotatable bonds is 4. The molecule has 1 aliphatic rings. The molecule has 0 saturated heterocycles. The standard InChI is InChI=1S/C42H30N4/c1-42(2)35-20-6-3-19-34(35)40-38(42)39(44-41(45-40)29-14-9-12-27(24-29)30-15-11-23-43-26-30)28-13-10-16-31(25-28)46-36-21-7-4-17-32(36)33-18-5-8-22-37(33)46/h3-26H,1-2H3. The van der Waals surface area contributed by atoms with Crippen molar-refractivity contribution in [2.45, 2.75) is 19.3 Å². The Balaban J connectivity index is 1.29. The van der Waals surface area contributed by atoms with Crippen LogP contribution < -0.4 is 0 Å². The Labute approximate surface area is 267 Å². The molecule has 3 aromatic heterocycles. The van der Waals surface area contributed by atoms with Gasteiger partial charge in [-0.2, -0.15) is 0 Å². The summed E-state index contributed by atoms with van der Waals surface area (Å²) in [6, 6.07) is 47.3. The summed E-state index contributed by atoms with van der Waals surface area (Å²) in [6.07, 6.45) is 3.70. The van der Waals surface area contributed by atoms with Crippen molar-refractivity contribution < 1.29 is 0 Å². The van der Waals surface area contributed by atoms with E-state index in [4.69, 9.17) is 9.97 Å². The molecule has 5 aromatic carbocycles. The Hall–Kier alpha value is -5.87. The van der Waals surface area contributed by atoms with Crippen molar-refractivity contribution >= 4 is 21.8 Å². The molecule has 0 bridgehead atoms. The Kier molecular flexibility index (Phi) is 5.81. The Morgan fingerprint density at radius 2 is 1.20 bits per heavy atom. The molecular weight excluding hydrogens is 560 g/mol. The first-order valence-corrected chi connectivity index (χ1v) is 15.7. The smallest absolute Gasteiger partial charge is 0.160 e. The van der Waals surface area contributed by atoms with E-state index in [9.17, 15) is 0 Å². The van der Waals surface area contributed by atoms with Crippen molar-refractivity contribution in [1.29, 1.82) is 0 Å². The van der Waals surface area contributed by atoms with Crippen LogP contribution in [0.3, 0.4) is 0 Å². The van der Waals surface area contributed by atoms with Crippen molar-refractivity contribution in [3.8, 4) is 50.7 Å². The summed E-state index contributed by atoms with van der Waals surface area (Å²) in [4.78, 5) is 15.1. The molecule has 0 unspecified atom stereocenters. The highest BCUT2D eigenvalue weighted by Crippen LogP contribution is 2.51. The number of pyridine rings is 1. The van der Waals surface area contributed by atoms with Gasteiger partial charge in [-0.15, -0.1) is 0 Å². The van der Waals surface area contributed by atoms with Crippen LogP contribution in [0.2, 0.25) is 0 Å². The summed E-state index contributed by atoms with van der Waals surface area (Å²) >= 11 is 0. The van der Waals surface area contributed by atoms with E-state index in [1.165, 1.54) is 38.5 Å². The number of nitrogens with zero attached hydrogens (tertiary/aromatic N) is 4. The van der Waals surface area contributed by atoms with Crippen LogP contribution in [0, 0.1) is 0 Å². The molecule has 0 aliphatic heterocycles. The highest BCUT2D eigenvalue weighted by atomic mass is 15.0. The van der Waals surface area contributed by atoms with Gasteiger partial charge in [0.2, 0.25) is 0 Å². The second-order valence-corrected chi connectivity index (χ2v) is 12.5. The first kappa shape index (κ1) is 26.5. The number of para-hydroxylation sites is 2. The van der Waals surface area contributed by atoms with Crippen LogP contribution in [0.1, 0.15) is 25.0 Å². The van der Waals surface area contributed by atoms with Gasteiger partial charge in [-0.1, -0.05) is 111 Å². The molecule has 0 N–H and O–H groups in total. The van der Waals surface area contributed by atoms with E-state index in [0.717, 1.165) is 39.3 Å². The van der Waals surface area contributed by atoms with Gasteiger partial charge in [-0.05, 0) is 47.5 Å². The molecule has 46 heavy (non-hydrogen) atoms. The average Bonchev–Trinajstić information content (AvgIpc) is 3.57. The molecule has 4 heteroatoms. The fourth-order valence-electron chi connectivity index (χ4n) is 7.32. The van der Waals surface area contributed by atoms with Crippen molar-refractivity contribution in [2.75, 3.05) is 0 Å². The SMILES string of the molecule is CC1(C)c2ccccc2-c2nc(-c3cccc(-c4cccnc4)c3)nc(-c3cccc(-n4c5ccccc5c5ccccc54)c3)c21. The summed E-state index contributed by atoms with van der Waals surface area (Å²) < 4.78 is 2.37. The number of benzene rings is 5. The molecule has 4 nitrogen and oxygen atoms in total. The van der Waals surface area contributed by atoms with Gasteiger partial charge >= 0.3 is 0 Å². The molecule has 8 aromatic rings. The predicted molar refractivity (Wildman–Crippen MR) is 188 cm³/mol. The second kappa shape index (κ2) is 10.1. The van der Waals surface area contributed by atoms with Gasteiger partial charge in [-0.25, -0.2) is 9.97 Å². The number of hydrogen-bond acceptors (Lipinski definition) is 3. The molecule has 0 fully saturated rings. The second-order valence-electron chi connectivity index (χ2n) is 12.5. The molecule has 218 valence electrons. The molecule has 0 atom stereocenters. The lowest BCUT2D eigenvalue weighted by molar-refractivity contribution is 0.658. The maximum absolute atomic E-state index is 5.41. The normalized spacial score (nSPS) is 13.2. The highest BCUT2D eigenvalue weighted by Gasteiger charge is 2.40. The number of aromatic nitrogens is 4. The predicted octanol–water partition coefficient (Wildman–Crippen LogP) is 10.3. The van der Waals surface area contributed by atoms with Crippen molar-refractivity contribution in [2.24, 2.45) is 0 Å². The van der Waals surface area contributed by atoms with Crippen LogP contribution >= 0.6 is 0 Å². The molecule has 1 aliphatic carbocycles. The maximum Gasteiger partial charge on any atom is 0.160 e. The monoisotopic (exact) mass is 590 g/mol. The van der Waals surface area contributed by atoms with E-state index >= 15 is 0 Å². The third kappa shape index (κ3) is 3.97. The van der Waals surface area contributed by atoms with Crippen molar-refractivity contribution in [1.82, 2.24) is 19.5 Å². The number of fused-ring (bicyclic) bond motifs is 6. The van der Waals surface area contributed by atoms with Crippen LogP contribution in [-0.2, 0) is 5.41 Å². The molecule has 0 amide bonds. The lowest BCUT2D eigenvalue weighted by Crippen LogP contribution is -2.17. The van der Waals surface area contributed by atoms with Gasteiger partial charge in [0, 0.05) is 62.1 Å². The van der Waals surface area contributed by atoms with E-state index in [0.29, 0.717) is 5.82 Å². The van der Waals surface area contributed by atoms with Gasteiger partial charge in [0.1, 0.15) is 0 Å². The zero-order valence-electron chi connectivity index (χ0n) is 25.6. The Morgan fingerprint density at radius 1 is 0.543 bits per heavy atom. The Morgan fingerprint density at radius 3 is 1.98 bits per heavy atom. The zero-order valence-corrected chi connectivity index (χ0v) is 25.6. The van der Waals surface area contributed by atoms with Gasteiger partial charge in [0.05, 0.1) is 22.4 Å². The van der Waals surface area contributed by atoms with E-state index in [1.807, 2.05) is 12.3 Å². The third-order valence-electron chi connectivity index (χ3n) is 9.46. The van der Waals surface area contributed by atoms with Gasteiger partial charge in [0.25, 0.3) is 0 Å². The van der Waals surface area contributed by atoms with E-state index in [2.05, 4.69) is 151 Å². The quantitative estimate of drug-likeness (QED) is 0.205. The fraction of sp³-hybridized carbons (Fsp3) is 0.0714. The van der Waals surface area contributed by atoms with Crippen molar-refractivity contribution in [3.63, 3.8) is 0 Å². The molecular formula is C42H30N4. The van der Waals surface area contributed by atoms with Gasteiger partial charge in [0.15, 0.2) is 5.82 Å². The van der Waals surface area contributed by atoms with E-state index in [1.54, 1.807) is 6.20 Å². The molecule has 0 radical (unpaired) electrons. The zero-order chi connectivity index (χ0) is 30.8. The first-order valence-electron chi connectivity index (χ1n) is 15.7. The van der Waals surface area contributed by atoms with Crippen LogP contribution in [0.4, 0.5) is 0 Å². The molecule has 9 rings (SSSR count). The van der Waals surface area contributed by atoms with Crippen LogP contribution in [0.25, 0.3) is 72.5 Å². The lowest BCUT2D eigenvalue weighted by atomic mass is 9.81. The molecule has 0 spiro atoms. The molecule has 0 saturated carbocycles. The van der Waals surface area contributed by atoms with Crippen LogP contribution in [0.15, 0.2) is 146 Å². The van der Waals surface area contributed by atoms with E-state index in [-0.39, 0.29) is 5.41 Å². The third-order valence-corrected chi connectivity index (χ3v) is 9.46. The van der Waals surface area contributed by atoms with E-state index < -0.39 is 0 Å². The Bertz CT molecular complexity index is 2400. The minimum atomic E-state index is -0.264. The van der Waals surface area contributed by atoms with Gasteiger partial charge in [-0.3, -0.25) is 4.98 Å². The average molecular weight is 591 g/mol. The summed E-state index contributed by atoms with van der Waals surface area (Å²) in [5, 5.41) is 2.50. The lowest BCUT2D eigenvalue weighted by Gasteiger charge is -2.24.